The number of aromatic nitrogens is 3. The van der Waals surface area contributed by atoms with Gasteiger partial charge in [-0.15, -0.1) is 59.2 Å². The molecule has 6 heteroatoms. The quantitative estimate of drug-likeness (QED) is 0.118. The summed E-state index contributed by atoms with van der Waals surface area (Å²) in [6.45, 7) is 11.5. The molecule has 0 atom stereocenters. The topological polar surface area (TPSA) is 43.9 Å². The Bertz CT molecular complexity index is 3030. The Hall–Kier alpha value is -5.39. The van der Waals surface area contributed by atoms with Crippen LogP contribution in [0.3, 0.4) is 0 Å². The predicted molar refractivity (Wildman–Crippen MR) is 247 cm³/mol. The number of pyridine rings is 1. The van der Waals surface area contributed by atoms with Crippen molar-refractivity contribution in [1.82, 2.24) is 14.5 Å². The molecule has 59 heavy (non-hydrogen) atoms. The third-order valence-corrected chi connectivity index (χ3v) is 12.7. The molecule has 3 aromatic heterocycles. The molecule has 0 aliphatic carbocycles. The summed E-state index contributed by atoms with van der Waals surface area (Å²) in [4.78, 5) is 9.65. The summed E-state index contributed by atoms with van der Waals surface area (Å²) in [6.07, 6.45) is 1.92. The SMILES string of the molecule is [2H]C([2H])([2H])c1c[c-]c(-c2ccc([Si](C)(C)C)cn2)cc1.[2H]C([2H])([2H])c1ccc2oc3c[c-]c(-c4nc5ccccc5n4-c4c(C(C)C)cc(-c5ccccc5)cc4C(C)C)cc3c2c1.[Ir]. The van der Waals surface area contributed by atoms with E-state index in [1.165, 1.54) is 33.5 Å². The number of hydrogen-bond donors (Lipinski definition) is 0. The van der Waals surface area contributed by atoms with Crippen molar-refractivity contribution in [2.24, 2.45) is 0 Å². The van der Waals surface area contributed by atoms with Gasteiger partial charge in [0.2, 0.25) is 0 Å². The monoisotopic (exact) mass is 972 g/mol. The summed E-state index contributed by atoms with van der Waals surface area (Å²) in [6, 6.07) is 47.8. The minimum absolute atomic E-state index is 0. The fourth-order valence-corrected chi connectivity index (χ4v) is 8.52. The molecular formula is C53H51IrN3OSi-2. The van der Waals surface area contributed by atoms with E-state index in [1.807, 2.05) is 36.5 Å². The fraction of sp³-hybridized carbons (Fsp3) is 0.208. The third kappa shape index (κ3) is 8.54. The van der Waals surface area contributed by atoms with Crippen molar-refractivity contribution >= 4 is 46.2 Å². The molecule has 0 saturated carbocycles. The Balaban J connectivity index is 0.000000253. The zero-order valence-electron chi connectivity index (χ0n) is 40.4. The van der Waals surface area contributed by atoms with Crippen LogP contribution in [0, 0.1) is 25.8 Å². The number of aryl methyl sites for hydroxylation is 2. The van der Waals surface area contributed by atoms with Crippen molar-refractivity contribution in [1.29, 1.82) is 0 Å². The number of fused-ring (bicyclic) bond motifs is 4. The summed E-state index contributed by atoms with van der Waals surface area (Å²) >= 11 is 0. The van der Waals surface area contributed by atoms with Gasteiger partial charge in [-0.25, -0.2) is 0 Å². The number of nitrogens with zero attached hydrogens (tertiary/aromatic N) is 3. The molecule has 0 saturated heterocycles. The summed E-state index contributed by atoms with van der Waals surface area (Å²) in [5, 5.41) is 2.91. The third-order valence-electron chi connectivity index (χ3n) is 10.7. The number of benzene rings is 6. The number of rotatable bonds is 7. The number of hydrogen-bond acceptors (Lipinski definition) is 3. The van der Waals surface area contributed by atoms with Crippen LogP contribution in [0.4, 0.5) is 0 Å². The molecule has 0 spiro atoms. The van der Waals surface area contributed by atoms with Gasteiger partial charge in [0.15, 0.2) is 0 Å². The fourth-order valence-electron chi connectivity index (χ4n) is 7.48. The molecule has 4 nitrogen and oxygen atoms in total. The second-order valence-corrected chi connectivity index (χ2v) is 21.6. The maximum absolute atomic E-state index is 7.93. The van der Waals surface area contributed by atoms with Gasteiger partial charge in [0.1, 0.15) is 5.58 Å². The molecule has 0 amide bonds. The minimum atomic E-state index is -2.21. The molecule has 9 aromatic rings. The molecule has 0 unspecified atom stereocenters. The van der Waals surface area contributed by atoms with Crippen LogP contribution in [0.25, 0.3) is 72.4 Å². The molecule has 299 valence electrons. The van der Waals surface area contributed by atoms with Crippen molar-refractivity contribution in [2.75, 3.05) is 0 Å². The second kappa shape index (κ2) is 17.1. The van der Waals surface area contributed by atoms with Gasteiger partial charge in [-0.2, -0.15) is 0 Å². The van der Waals surface area contributed by atoms with Gasteiger partial charge in [0.05, 0.1) is 30.5 Å². The second-order valence-electron chi connectivity index (χ2n) is 16.5. The maximum atomic E-state index is 7.93. The zero-order valence-corrected chi connectivity index (χ0v) is 37.8. The van der Waals surface area contributed by atoms with E-state index in [1.54, 1.807) is 30.3 Å². The van der Waals surface area contributed by atoms with Gasteiger partial charge in [0.25, 0.3) is 0 Å². The molecule has 3 heterocycles. The Morgan fingerprint density at radius 3 is 1.98 bits per heavy atom. The van der Waals surface area contributed by atoms with Gasteiger partial charge in [-0.05, 0) is 88.2 Å². The molecule has 0 aliphatic rings. The minimum Gasteiger partial charge on any atom is -0.500 e. The summed E-state index contributed by atoms with van der Waals surface area (Å²) in [7, 11) is -1.34. The summed E-state index contributed by atoms with van der Waals surface area (Å²) in [5.74, 6) is 1.29. The van der Waals surface area contributed by atoms with E-state index < -0.39 is 21.8 Å². The average molecular weight is 972 g/mol. The van der Waals surface area contributed by atoms with Gasteiger partial charge in [-0.1, -0.05) is 126 Å². The van der Waals surface area contributed by atoms with E-state index in [-0.39, 0.29) is 37.5 Å². The summed E-state index contributed by atoms with van der Waals surface area (Å²) < 4.78 is 54.2. The van der Waals surface area contributed by atoms with E-state index in [0.717, 1.165) is 50.1 Å². The number of para-hydroxylation sites is 2. The molecule has 0 bridgehead atoms. The smallest absolute Gasteiger partial charge is 0.120 e. The first-order chi connectivity index (χ1) is 30.3. The van der Waals surface area contributed by atoms with Gasteiger partial charge >= 0.3 is 0 Å². The summed E-state index contributed by atoms with van der Waals surface area (Å²) in [5.41, 5.74) is 12.3. The van der Waals surface area contributed by atoms with Crippen LogP contribution >= 0.6 is 0 Å². The van der Waals surface area contributed by atoms with E-state index in [0.29, 0.717) is 16.7 Å². The van der Waals surface area contributed by atoms with Crippen LogP contribution in [-0.2, 0) is 20.1 Å². The van der Waals surface area contributed by atoms with Crippen LogP contribution in [0.2, 0.25) is 19.6 Å². The zero-order chi connectivity index (χ0) is 45.7. The van der Waals surface area contributed by atoms with Crippen molar-refractivity contribution < 1.29 is 32.7 Å². The van der Waals surface area contributed by atoms with Crippen molar-refractivity contribution in [2.45, 2.75) is 72.9 Å². The van der Waals surface area contributed by atoms with Crippen molar-refractivity contribution in [3.05, 3.63) is 168 Å². The largest absolute Gasteiger partial charge is 0.500 e. The Morgan fingerprint density at radius 2 is 1.34 bits per heavy atom. The first-order valence-corrected chi connectivity index (χ1v) is 23.4. The van der Waals surface area contributed by atoms with Crippen LogP contribution in [0.1, 0.15) is 70.0 Å². The maximum Gasteiger partial charge on any atom is 0.120 e. The molecule has 0 N–H and O–H groups in total. The Kier molecular flexibility index (Phi) is 9.97. The molecule has 0 fully saturated rings. The van der Waals surface area contributed by atoms with Gasteiger partial charge in [0, 0.05) is 45.6 Å². The first-order valence-electron chi connectivity index (χ1n) is 22.9. The number of imidazole rings is 1. The molecular weight excluding hydrogens is 915 g/mol. The van der Waals surface area contributed by atoms with Crippen LogP contribution < -0.4 is 5.19 Å². The van der Waals surface area contributed by atoms with Crippen LogP contribution in [0.5, 0.6) is 0 Å². The van der Waals surface area contributed by atoms with Crippen molar-refractivity contribution in [3.63, 3.8) is 0 Å². The molecule has 0 aliphatic heterocycles. The predicted octanol–water partition coefficient (Wildman–Crippen LogP) is 14.0. The average Bonchev–Trinajstić information content (AvgIpc) is 3.83. The van der Waals surface area contributed by atoms with E-state index in [4.69, 9.17) is 17.6 Å². The first kappa shape index (κ1) is 34.5. The normalized spacial score (nSPS) is 13.6. The molecule has 1 radical (unpaired) electrons. The van der Waals surface area contributed by atoms with Crippen molar-refractivity contribution in [3.8, 4) is 39.5 Å². The van der Waals surface area contributed by atoms with E-state index in [9.17, 15) is 0 Å². The Labute approximate surface area is 372 Å². The van der Waals surface area contributed by atoms with E-state index in [2.05, 4.69) is 130 Å². The van der Waals surface area contributed by atoms with Gasteiger partial charge in [-0.3, -0.25) is 4.98 Å². The van der Waals surface area contributed by atoms with E-state index >= 15 is 0 Å². The van der Waals surface area contributed by atoms with Crippen LogP contribution in [-0.4, -0.2) is 22.6 Å². The number of furan rings is 1. The standard InChI is InChI=1S/C38H33N2O.C15H18NSi.Ir/c1-23(2)29-21-28(26-11-7-6-8-12-26)22-30(24(3)4)37(29)40-34-14-10-9-13-33(34)39-38(40)27-16-18-36-32(20-27)31-19-25(5)15-17-35(31)41-36;1-12-5-7-13(8-6-12)15-10-9-14(11-16-15)17(2,3)4;/h6-15,17-24H,1-5H3;5-7,9-11H,1-4H3;/q2*-1;/i5D3;1D3;. The molecule has 9 rings (SSSR count). The van der Waals surface area contributed by atoms with Gasteiger partial charge < -0.3 is 14.0 Å². The van der Waals surface area contributed by atoms with Crippen LogP contribution in [0.15, 0.2) is 138 Å². The molecule has 6 aromatic carbocycles. The Morgan fingerprint density at radius 1 is 0.661 bits per heavy atom.